The fourth-order valence-corrected chi connectivity index (χ4v) is 2.90. The van der Waals surface area contributed by atoms with Crippen LogP contribution in [-0.4, -0.2) is 29.5 Å². The predicted octanol–water partition coefficient (Wildman–Crippen LogP) is 4.11. The van der Waals surface area contributed by atoms with Gasteiger partial charge in [-0.2, -0.15) is 5.10 Å². The largest absolute Gasteiger partial charge is 0.385 e. The molecule has 1 heterocycles. The highest BCUT2D eigenvalue weighted by Crippen LogP contribution is 2.12. The van der Waals surface area contributed by atoms with Gasteiger partial charge in [-0.1, -0.05) is 54.1 Å². The predicted molar refractivity (Wildman–Crippen MR) is 115 cm³/mol. The van der Waals surface area contributed by atoms with Crippen LogP contribution in [0.5, 0.6) is 0 Å². The SMILES string of the molecule is COCCCn1c(N/N=C\C(Cl)=C\c2ccccc2)nc2ccccc2c1=O. The molecule has 3 rings (SSSR count). The first-order valence-electron chi connectivity index (χ1n) is 8.89. The van der Waals surface area contributed by atoms with Gasteiger partial charge in [-0.3, -0.25) is 9.36 Å². The lowest BCUT2D eigenvalue weighted by atomic mass is 10.2. The average molecular weight is 397 g/mol. The van der Waals surface area contributed by atoms with Crippen LogP contribution in [0.15, 0.2) is 69.5 Å². The van der Waals surface area contributed by atoms with Gasteiger partial charge in [0.05, 0.1) is 22.1 Å². The third-order valence-corrected chi connectivity index (χ3v) is 4.26. The summed E-state index contributed by atoms with van der Waals surface area (Å²) < 4.78 is 6.65. The molecular weight excluding hydrogens is 376 g/mol. The van der Waals surface area contributed by atoms with Gasteiger partial charge in [0.1, 0.15) is 0 Å². The molecule has 0 radical (unpaired) electrons. The zero-order chi connectivity index (χ0) is 19.8. The molecule has 0 aliphatic rings. The molecule has 144 valence electrons. The van der Waals surface area contributed by atoms with Crippen molar-refractivity contribution in [2.24, 2.45) is 5.10 Å². The number of allylic oxidation sites excluding steroid dienone is 1. The zero-order valence-corrected chi connectivity index (χ0v) is 16.3. The second-order valence-corrected chi connectivity index (χ2v) is 6.50. The summed E-state index contributed by atoms with van der Waals surface area (Å²) in [4.78, 5) is 17.4. The number of hydrazone groups is 1. The molecule has 6 nitrogen and oxygen atoms in total. The van der Waals surface area contributed by atoms with Crippen molar-refractivity contribution < 1.29 is 4.74 Å². The Kier molecular flexibility index (Phi) is 6.94. The number of hydrogen-bond acceptors (Lipinski definition) is 5. The number of para-hydroxylation sites is 1. The lowest BCUT2D eigenvalue weighted by Gasteiger charge is -2.12. The van der Waals surface area contributed by atoms with Gasteiger partial charge >= 0.3 is 0 Å². The van der Waals surface area contributed by atoms with Crippen LogP contribution in [-0.2, 0) is 11.3 Å². The number of anilines is 1. The molecule has 0 aliphatic carbocycles. The number of methoxy groups -OCH3 is 1. The Bertz CT molecular complexity index is 1050. The number of halogens is 1. The van der Waals surface area contributed by atoms with E-state index < -0.39 is 0 Å². The summed E-state index contributed by atoms with van der Waals surface area (Å²) in [6.07, 6.45) is 3.96. The smallest absolute Gasteiger partial charge is 0.262 e. The summed E-state index contributed by atoms with van der Waals surface area (Å²) in [5, 5.41) is 5.16. The maximum atomic E-state index is 12.8. The molecule has 0 unspecified atom stereocenters. The number of hydrogen-bond donors (Lipinski definition) is 1. The maximum Gasteiger partial charge on any atom is 0.262 e. The molecular formula is C21H21ClN4O2. The average Bonchev–Trinajstić information content (AvgIpc) is 2.71. The van der Waals surface area contributed by atoms with Gasteiger partial charge in [-0.05, 0) is 30.2 Å². The highest BCUT2D eigenvalue weighted by Gasteiger charge is 2.10. The van der Waals surface area contributed by atoms with Gasteiger partial charge in [0.2, 0.25) is 5.95 Å². The molecule has 28 heavy (non-hydrogen) atoms. The molecule has 1 N–H and O–H groups in total. The van der Waals surface area contributed by atoms with Crippen molar-refractivity contribution in [1.29, 1.82) is 0 Å². The van der Waals surface area contributed by atoms with E-state index in [1.54, 1.807) is 29.9 Å². The van der Waals surface area contributed by atoms with Crippen molar-refractivity contribution in [1.82, 2.24) is 9.55 Å². The molecule has 7 heteroatoms. The van der Waals surface area contributed by atoms with Crippen LogP contribution in [0.2, 0.25) is 0 Å². The number of nitrogens with zero attached hydrogens (tertiary/aromatic N) is 3. The Balaban J connectivity index is 1.85. The van der Waals surface area contributed by atoms with E-state index >= 15 is 0 Å². The van der Waals surface area contributed by atoms with E-state index in [0.717, 1.165) is 5.56 Å². The molecule has 0 atom stereocenters. The monoisotopic (exact) mass is 396 g/mol. The minimum Gasteiger partial charge on any atom is -0.385 e. The molecule has 0 spiro atoms. The van der Waals surface area contributed by atoms with Crippen molar-refractivity contribution >= 4 is 40.7 Å². The Morgan fingerprint density at radius 2 is 1.96 bits per heavy atom. The van der Waals surface area contributed by atoms with Gasteiger partial charge in [-0.15, -0.1) is 0 Å². The van der Waals surface area contributed by atoms with E-state index in [0.29, 0.717) is 41.5 Å². The fourth-order valence-electron chi connectivity index (χ4n) is 2.73. The Morgan fingerprint density at radius 3 is 2.75 bits per heavy atom. The van der Waals surface area contributed by atoms with E-state index in [1.165, 1.54) is 6.21 Å². The van der Waals surface area contributed by atoms with Crippen LogP contribution in [0.3, 0.4) is 0 Å². The topological polar surface area (TPSA) is 68.5 Å². The summed E-state index contributed by atoms with van der Waals surface area (Å²) in [7, 11) is 1.63. The van der Waals surface area contributed by atoms with Crippen molar-refractivity contribution in [3.63, 3.8) is 0 Å². The second kappa shape index (κ2) is 9.82. The molecule has 0 saturated carbocycles. The van der Waals surface area contributed by atoms with Crippen LogP contribution >= 0.6 is 11.6 Å². The molecule has 0 fully saturated rings. The minimum atomic E-state index is -0.120. The van der Waals surface area contributed by atoms with Crippen molar-refractivity contribution in [3.8, 4) is 0 Å². The Morgan fingerprint density at radius 1 is 1.21 bits per heavy atom. The first-order valence-corrected chi connectivity index (χ1v) is 9.26. The van der Waals surface area contributed by atoms with Crippen molar-refractivity contribution in [3.05, 3.63) is 75.5 Å². The molecule has 0 saturated heterocycles. The highest BCUT2D eigenvalue weighted by molar-refractivity contribution is 6.41. The summed E-state index contributed by atoms with van der Waals surface area (Å²) in [5.41, 5.74) is 4.31. The maximum absolute atomic E-state index is 12.8. The van der Waals surface area contributed by atoms with Gasteiger partial charge < -0.3 is 4.74 Å². The highest BCUT2D eigenvalue weighted by atomic mass is 35.5. The summed E-state index contributed by atoms with van der Waals surface area (Å²) in [6.45, 7) is 1.02. The van der Waals surface area contributed by atoms with E-state index in [1.807, 2.05) is 42.5 Å². The molecule has 3 aromatic rings. The van der Waals surface area contributed by atoms with Crippen LogP contribution in [0.4, 0.5) is 5.95 Å². The van der Waals surface area contributed by atoms with Gasteiger partial charge in [0, 0.05) is 20.3 Å². The lowest BCUT2D eigenvalue weighted by molar-refractivity contribution is 0.190. The van der Waals surface area contributed by atoms with Crippen LogP contribution in [0.25, 0.3) is 17.0 Å². The molecule has 0 amide bonds. The number of fused-ring (bicyclic) bond motifs is 1. The minimum absolute atomic E-state index is 0.120. The van der Waals surface area contributed by atoms with E-state index in [9.17, 15) is 4.79 Å². The number of nitrogens with one attached hydrogen (secondary N) is 1. The first-order chi connectivity index (χ1) is 13.7. The van der Waals surface area contributed by atoms with Gasteiger partial charge in [0.15, 0.2) is 0 Å². The van der Waals surface area contributed by atoms with Gasteiger partial charge in [0.25, 0.3) is 5.56 Å². The van der Waals surface area contributed by atoms with Crippen LogP contribution in [0.1, 0.15) is 12.0 Å². The van der Waals surface area contributed by atoms with Crippen molar-refractivity contribution in [2.75, 3.05) is 19.1 Å². The van der Waals surface area contributed by atoms with E-state index in [4.69, 9.17) is 16.3 Å². The third-order valence-electron chi connectivity index (χ3n) is 4.05. The third kappa shape index (κ3) is 5.06. The normalized spacial score (nSPS) is 12.0. The van der Waals surface area contributed by atoms with Crippen LogP contribution < -0.4 is 11.0 Å². The summed E-state index contributed by atoms with van der Waals surface area (Å²) >= 11 is 6.22. The Hall–Kier alpha value is -2.96. The van der Waals surface area contributed by atoms with E-state index in [2.05, 4.69) is 15.5 Å². The number of rotatable bonds is 8. The molecule has 0 bridgehead atoms. The molecule has 0 aliphatic heterocycles. The Labute approximate surface area is 168 Å². The summed E-state index contributed by atoms with van der Waals surface area (Å²) in [5.74, 6) is 0.361. The molecule has 1 aromatic heterocycles. The second-order valence-electron chi connectivity index (χ2n) is 6.07. The number of ether oxygens (including phenoxy) is 1. The summed E-state index contributed by atoms with van der Waals surface area (Å²) in [6, 6.07) is 16.9. The lowest BCUT2D eigenvalue weighted by Crippen LogP contribution is -2.24. The number of aromatic nitrogens is 2. The molecule has 2 aromatic carbocycles. The standard InChI is InChI=1S/C21H21ClN4O2/c1-28-13-7-12-26-20(27)18-10-5-6-11-19(18)24-21(26)25-23-15-17(22)14-16-8-3-2-4-9-16/h2-6,8-11,14-15H,7,12-13H2,1H3,(H,24,25)/b17-14-,23-15-. The first kappa shape index (κ1) is 19.8. The van der Waals surface area contributed by atoms with Crippen molar-refractivity contribution in [2.45, 2.75) is 13.0 Å². The van der Waals surface area contributed by atoms with E-state index in [-0.39, 0.29) is 5.56 Å². The van der Waals surface area contributed by atoms with Gasteiger partial charge in [-0.25, -0.2) is 10.4 Å². The zero-order valence-electron chi connectivity index (χ0n) is 15.5. The quantitative estimate of drug-likeness (QED) is 0.353. The van der Waals surface area contributed by atoms with Crippen LogP contribution in [0, 0.1) is 0 Å². The fraction of sp³-hybridized carbons (Fsp3) is 0.190. The number of benzene rings is 2.